The molecule has 0 unspecified atom stereocenters. The number of fused-ring (bicyclic) bond motifs is 1. The Bertz CT molecular complexity index is 695. The molecular formula is C17H20FN3O. The van der Waals surface area contributed by atoms with E-state index >= 15 is 0 Å². The van der Waals surface area contributed by atoms with Gasteiger partial charge in [0.15, 0.2) is 0 Å². The zero-order valence-corrected chi connectivity index (χ0v) is 12.9. The Morgan fingerprint density at radius 3 is 2.95 bits per heavy atom. The average Bonchev–Trinajstić information content (AvgIpc) is 2.91. The molecule has 1 atom stereocenters. The molecule has 0 saturated carbocycles. The van der Waals surface area contributed by atoms with Crippen molar-refractivity contribution < 1.29 is 9.18 Å². The number of rotatable bonds is 3. The van der Waals surface area contributed by atoms with Gasteiger partial charge < -0.3 is 4.90 Å². The summed E-state index contributed by atoms with van der Waals surface area (Å²) in [5.74, 6) is -0.126. The lowest BCUT2D eigenvalue weighted by molar-refractivity contribution is -0.133. The van der Waals surface area contributed by atoms with Gasteiger partial charge in [-0.25, -0.2) is 4.39 Å². The molecular weight excluding hydrogens is 281 g/mol. The Balaban J connectivity index is 1.70. The van der Waals surface area contributed by atoms with Crippen LogP contribution >= 0.6 is 0 Å². The summed E-state index contributed by atoms with van der Waals surface area (Å²) in [5, 5.41) is 4.11. The molecule has 1 aliphatic rings. The van der Waals surface area contributed by atoms with Gasteiger partial charge in [0.2, 0.25) is 5.91 Å². The van der Waals surface area contributed by atoms with E-state index in [2.05, 4.69) is 5.10 Å². The van der Waals surface area contributed by atoms with Crippen molar-refractivity contribution in [3.8, 4) is 0 Å². The second-order valence-corrected chi connectivity index (χ2v) is 5.80. The lowest BCUT2D eigenvalue weighted by Gasteiger charge is -2.35. The number of carbonyl (C=O) groups is 1. The summed E-state index contributed by atoms with van der Waals surface area (Å²) in [6.45, 7) is 2.67. The molecule has 22 heavy (non-hydrogen) atoms. The van der Waals surface area contributed by atoms with Crippen LogP contribution < -0.4 is 0 Å². The Hall–Kier alpha value is -2.17. The van der Waals surface area contributed by atoms with E-state index in [1.807, 2.05) is 31.0 Å². The molecule has 1 amide bonds. The predicted octanol–water partition coefficient (Wildman–Crippen LogP) is 2.64. The second-order valence-electron chi connectivity index (χ2n) is 5.80. The fraction of sp³-hybridized carbons (Fsp3) is 0.412. The lowest BCUT2D eigenvalue weighted by atomic mass is 9.93. The van der Waals surface area contributed by atoms with Gasteiger partial charge in [-0.05, 0) is 49.1 Å². The molecule has 0 bridgehead atoms. The molecule has 1 aromatic heterocycles. The standard InChI is InChI=1S/C17H20FN3O/c1-12-16-11-14(18)4-3-13(16)8-10-21(12)17(22)6-5-15-7-9-19-20(15)2/h3-4,7,9,11-12H,5-6,8,10H2,1-2H3/t12-/m1/s1. The Morgan fingerprint density at radius 2 is 2.23 bits per heavy atom. The fourth-order valence-electron chi connectivity index (χ4n) is 3.15. The van der Waals surface area contributed by atoms with Crippen molar-refractivity contribution >= 4 is 5.91 Å². The molecule has 0 spiro atoms. The number of halogens is 1. The minimum Gasteiger partial charge on any atom is -0.336 e. The van der Waals surface area contributed by atoms with Gasteiger partial charge in [-0.1, -0.05) is 6.07 Å². The van der Waals surface area contributed by atoms with Crippen molar-refractivity contribution in [3.63, 3.8) is 0 Å². The third kappa shape index (κ3) is 2.75. The number of hydrogen-bond acceptors (Lipinski definition) is 2. The topological polar surface area (TPSA) is 38.1 Å². The van der Waals surface area contributed by atoms with Gasteiger partial charge in [0, 0.05) is 31.9 Å². The maximum absolute atomic E-state index is 13.5. The van der Waals surface area contributed by atoms with Crippen LogP contribution in [0, 0.1) is 5.82 Å². The number of amides is 1. The molecule has 2 aromatic rings. The molecule has 1 aliphatic heterocycles. The van der Waals surface area contributed by atoms with Gasteiger partial charge in [-0.15, -0.1) is 0 Å². The zero-order chi connectivity index (χ0) is 15.7. The maximum atomic E-state index is 13.5. The van der Waals surface area contributed by atoms with E-state index in [1.54, 1.807) is 16.9 Å². The van der Waals surface area contributed by atoms with Crippen LogP contribution in [-0.2, 0) is 24.7 Å². The van der Waals surface area contributed by atoms with Crippen LogP contribution in [0.1, 0.15) is 36.2 Å². The van der Waals surface area contributed by atoms with Crippen LogP contribution in [0.2, 0.25) is 0 Å². The normalized spacial score (nSPS) is 17.4. The first-order chi connectivity index (χ1) is 10.6. The Kier molecular flexibility index (Phi) is 3.96. The number of nitrogens with zero attached hydrogens (tertiary/aromatic N) is 3. The molecule has 116 valence electrons. The van der Waals surface area contributed by atoms with Crippen molar-refractivity contribution in [1.82, 2.24) is 14.7 Å². The van der Waals surface area contributed by atoms with Gasteiger partial charge in [-0.2, -0.15) is 5.10 Å². The highest BCUT2D eigenvalue weighted by Crippen LogP contribution is 2.30. The third-order valence-corrected chi connectivity index (χ3v) is 4.49. The SMILES string of the molecule is C[C@@H]1c2cc(F)ccc2CCN1C(=O)CCc1ccnn1C. The fourth-order valence-corrected chi connectivity index (χ4v) is 3.15. The van der Waals surface area contributed by atoms with E-state index in [4.69, 9.17) is 0 Å². The number of aromatic nitrogens is 2. The van der Waals surface area contributed by atoms with Crippen molar-refractivity contribution in [2.24, 2.45) is 7.05 Å². The van der Waals surface area contributed by atoms with Gasteiger partial charge in [0.25, 0.3) is 0 Å². The molecule has 0 aliphatic carbocycles. The van der Waals surface area contributed by atoms with Crippen molar-refractivity contribution in [1.29, 1.82) is 0 Å². The van der Waals surface area contributed by atoms with E-state index in [9.17, 15) is 9.18 Å². The average molecular weight is 301 g/mol. The second kappa shape index (κ2) is 5.91. The van der Waals surface area contributed by atoms with E-state index in [0.29, 0.717) is 19.4 Å². The van der Waals surface area contributed by atoms with Crippen molar-refractivity contribution in [2.45, 2.75) is 32.2 Å². The van der Waals surface area contributed by atoms with Gasteiger partial charge in [0.05, 0.1) is 6.04 Å². The maximum Gasteiger partial charge on any atom is 0.223 e. The molecule has 5 heteroatoms. The Morgan fingerprint density at radius 1 is 1.41 bits per heavy atom. The van der Waals surface area contributed by atoms with Gasteiger partial charge in [-0.3, -0.25) is 9.48 Å². The van der Waals surface area contributed by atoms with E-state index in [-0.39, 0.29) is 17.8 Å². The summed E-state index contributed by atoms with van der Waals surface area (Å²) < 4.78 is 15.3. The lowest BCUT2D eigenvalue weighted by Crippen LogP contribution is -2.39. The van der Waals surface area contributed by atoms with Gasteiger partial charge >= 0.3 is 0 Å². The van der Waals surface area contributed by atoms with Crippen LogP contribution in [0.15, 0.2) is 30.5 Å². The summed E-state index contributed by atoms with van der Waals surface area (Å²) in [4.78, 5) is 14.4. The number of aryl methyl sites for hydroxylation is 2. The predicted molar refractivity (Wildman–Crippen MR) is 81.8 cm³/mol. The summed E-state index contributed by atoms with van der Waals surface area (Å²) in [7, 11) is 1.88. The molecule has 0 N–H and O–H groups in total. The summed E-state index contributed by atoms with van der Waals surface area (Å²) in [5.41, 5.74) is 3.12. The van der Waals surface area contributed by atoms with Crippen molar-refractivity contribution in [3.05, 3.63) is 53.1 Å². The monoisotopic (exact) mass is 301 g/mol. The largest absolute Gasteiger partial charge is 0.336 e. The molecule has 4 nitrogen and oxygen atoms in total. The van der Waals surface area contributed by atoms with Crippen LogP contribution in [0.4, 0.5) is 4.39 Å². The van der Waals surface area contributed by atoms with Crippen molar-refractivity contribution in [2.75, 3.05) is 6.54 Å². The van der Waals surface area contributed by atoms with E-state index < -0.39 is 0 Å². The molecule has 0 saturated heterocycles. The van der Waals surface area contributed by atoms with Crippen LogP contribution in [-0.4, -0.2) is 27.1 Å². The highest BCUT2D eigenvalue weighted by Gasteiger charge is 2.27. The van der Waals surface area contributed by atoms with E-state index in [0.717, 1.165) is 23.2 Å². The molecule has 0 fully saturated rings. The van der Waals surface area contributed by atoms with Gasteiger partial charge in [0.1, 0.15) is 5.82 Å². The third-order valence-electron chi connectivity index (χ3n) is 4.49. The molecule has 2 heterocycles. The van der Waals surface area contributed by atoms with Crippen LogP contribution in [0.25, 0.3) is 0 Å². The smallest absolute Gasteiger partial charge is 0.223 e. The highest BCUT2D eigenvalue weighted by molar-refractivity contribution is 5.77. The first-order valence-corrected chi connectivity index (χ1v) is 7.61. The summed E-state index contributed by atoms with van der Waals surface area (Å²) in [6.07, 6.45) is 3.66. The summed E-state index contributed by atoms with van der Waals surface area (Å²) in [6, 6.07) is 6.74. The number of hydrogen-bond donors (Lipinski definition) is 0. The molecule has 1 aromatic carbocycles. The van der Waals surface area contributed by atoms with Crippen LogP contribution in [0.5, 0.6) is 0 Å². The Labute approximate surface area is 129 Å². The molecule has 0 radical (unpaired) electrons. The first-order valence-electron chi connectivity index (χ1n) is 7.61. The minimum absolute atomic E-state index is 0.0708. The first kappa shape index (κ1) is 14.8. The van der Waals surface area contributed by atoms with Crippen LogP contribution in [0.3, 0.4) is 0 Å². The number of benzene rings is 1. The van der Waals surface area contributed by atoms with E-state index in [1.165, 1.54) is 6.07 Å². The minimum atomic E-state index is -0.241. The molecule has 3 rings (SSSR count). The quantitative estimate of drug-likeness (QED) is 0.874. The number of carbonyl (C=O) groups excluding carboxylic acids is 1. The highest BCUT2D eigenvalue weighted by atomic mass is 19.1. The zero-order valence-electron chi connectivity index (χ0n) is 12.9. The summed E-state index contributed by atoms with van der Waals surface area (Å²) >= 11 is 0.